The lowest BCUT2D eigenvalue weighted by molar-refractivity contribution is 0.0335. The summed E-state index contributed by atoms with van der Waals surface area (Å²) >= 11 is 0. The van der Waals surface area contributed by atoms with Crippen LogP contribution < -0.4 is 11.2 Å². The average molecular weight is 148 g/mol. The minimum Gasteiger partial charge on any atom is -0.448 e. The first-order chi connectivity index (χ1) is 4.81. The Kier molecular flexibility index (Phi) is 5.80. The summed E-state index contributed by atoms with van der Waals surface area (Å²) < 4.78 is 4.47. The van der Waals surface area contributed by atoms with Gasteiger partial charge in [0.25, 0.3) is 0 Å². The van der Waals surface area contributed by atoms with Crippen molar-refractivity contribution in [2.24, 2.45) is 5.73 Å². The van der Waals surface area contributed by atoms with Crippen LogP contribution in [0.3, 0.4) is 0 Å². The molecule has 5 nitrogen and oxygen atoms in total. The van der Waals surface area contributed by atoms with Crippen LogP contribution in [0, 0.1) is 0 Å². The molecule has 0 rings (SSSR count). The van der Waals surface area contributed by atoms with E-state index in [9.17, 15) is 4.79 Å². The van der Waals surface area contributed by atoms with Crippen LogP contribution >= 0.6 is 0 Å². The predicted molar refractivity (Wildman–Crippen MR) is 35.2 cm³/mol. The lowest BCUT2D eigenvalue weighted by Crippen LogP contribution is -2.27. The number of amides is 1. The van der Waals surface area contributed by atoms with E-state index in [0.29, 0.717) is 19.8 Å². The van der Waals surface area contributed by atoms with Crippen molar-refractivity contribution in [1.82, 2.24) is 5.48 Å². The standard InChI is InChI=1S/C5H12N2O3/c1-2-9-5(8)7-10-4-3-6/h2-4,6H2,1H3,(H,7,8). The van der Waals surface area contributed by atoms with E-state index in [0.717, 1.165) is 0 Å². The number of rotatable bonds is 4. The third-order valence-electron chi connectivity index (χ3n) is 0.651. The second kappa shape index (κ2) is 6.31. The van der Waals surface area contributed by atoms with E-state index in [-0.39, 0.29) is 0 Å². The van der Waals surface area contributed by atoms with Gasteiger partial charge in [0.2, 0.25) is 0 Å². The van der Waals surface area contributed by atoms with Crippen LogP contribution in [0.2, 0.25) is 0 Å². The number of hydrogen-bond donors (Lipinski definition) is 2. The number of hydroxylamine groups is 1. The molecule has 0 aromatic rings. The van der Waals surface area contributed by atoms with Gasteiger partial charge in [0.05, 0.1) is 13.2 Å². The maximum absolute atomic E-state index is 10.4. The fraction of sp³-hybridized carbons (Fsp3) is 0.800. The Morgan fingerprint density at radius 2 is 2.40 bits per heavy atom. The maximum Gasteiger partial charge on any atom is 0.431 e. The number of nitrogens with one attached hydrogen (secondary N) is 1. The van der Waals surface area contributed by atoms with Gasteiger partial charge in [0, 0.05) is 6.54 Å². The predicted octanol–water partition coefficient (Wildman–Crippen LogP) is -0.377. The molecule has 60 valence electrons. The zero-order chi connectivity index (χ0) is 7.82. The van der Waals surface area contributed by atoms with Gasteiger partial charge in [-0.05, 0) is 6.92 Å². The molecule has 0 spiro atoms. The molecule has 0 radical (unpaired) electrons. The zero-order valence-corrected chi connectivity index (χ0v) is 5.92. The minimum absolute atomic E-state index is 0.290. The van der Waals surface area contributed by atoms with E-state index in [1.54, 1.807) is 6.92 Å². The van der Waals surface area contributed by atoms with Crippen molar-refractivity contribution < 1.29 is 14.4 Å². The highest BCUT2D eigenvalue weighted by molar-refractivity contribution is 5.65. The second-order valence-electron chi connectivity index (χ2n) is 1.46. The molecule has 5 heteroatoms. The van der Waals surface area contributed by atoms with Gasteiger partial charge in [0.1, 0.15) is 0 Å². The molecule has 0 saturated carbocycles. The number of nitrogens with two attached hydrogens (primary N) is 1. The second-order valence-corrected chi connectivity index (χ2v) is 1.46. The normalized spacial score (nSPS) is 9.00. The highest BCUT2D eigenvalue weighted by atomic mass is 16.7. The Balaban J connectivity index is 3.05. The fourth-order valence-corrected chi connectivity index (χ4v) is 0.329. The van der Waals surface area contributed by atoms with Crippen molar-refractivity contribution in [2.75, 3.05) is 19.8 Å². The van der Waals surface area contributed by atoms with Crippen molar-refractivity contribution in [1.29, 1.82) is 0 Å². The van der Waals surface area contributed by atoms with Gasteiger partial charge in [-0.1, -0.05) is 0 Å². The molecule has 0 aliphatic rings. The number of hydrogen-bond acceptors (Lipinski definition) is 4. The molecule has 0 heterocycles. The Morgan fingerprint density at radius 1 is 1.70 bits per heavy atom. The molecule has 0 unspecified atom stereocenters. The Morgan fingerprint density at radius 3 is 2.90 bits per heavy atom. The first-order valence-electron chi connectivity index (χ1n) is 3.06. The third kappa shape index (κ3) is 5.33. The summed E-state index contributed by atoms with van der Waals surface area (Å²) in [5.74, 6) is 0. The van der Waals surface area contributed by atoms with E-state index in [4.69, 9.17) is 5.73 Å². The van der Waals surface area contributed by atoms with E-state index in [1.807, 2.05) is 5.48 Å². The monoisotopic (exact) mass is 148 g/mol. The number of ether oxygens (including phenoxy) is 1. The highest BCUT2D eigenvalue weighted by Gasteiger charge is 1.96. The number of carbonyl (C=O) groups excluding carboxylic acids is 1. The molecule has 0 aliphatic heterocycles. The largest absolute Gasteiger partial charge is 0.448 e. The van der Waals surface area contributed by atoms with Gasteiger partial charge in [0.15, 0.2) is 0 Å². The first-order valence-corrected chi connectivity index (χ1v) is 3.06. The fourth-order valence-electron chi connectivity index (χ4n) is 0.329. The molecule has 0 aromatic carbocycles. The molecule has 0 bridgehead atoms. The number of carbonyl (C=O) groups is 1. The van der Waals surface area contributed by atoms with Gasteiger partial charge < -0.3 is 10.5 Å². The smallest absolute Gasteiger partial charge is 0.431 e. The summed E-state index contributed by atoms with van der Waals surface area (Å²) in [6.45, 7) is 2.70. The lowest BCUT2D eigenvalue weighted by atomic mass is 10.8. The summed E-state index contributed by atoms with van der Waals surface area (Å²) in [4.78, 5) is 15.0. The third-order valence-corrected chi connectivity index (χ3v) is 0.651. The zero-order valence-electron chi connectivity index (χ0n) is 5.92. The van der Waals surface area contributed by atoms with Crippen LogP contribution in [-0.2, 0) is 9.57 Å². The summed E-state index contributed by atoms with van der Waals surface area (Å²) in [7, 11) is 0. The summed E-state index contributed by atoms with van der Waals surface area (Å²) in [6, 6.07) is 0. The first kappa shape index (κ1) is 9.19. The molecule has 1 amide bonds. The van der Waals surface area contributed by atoms with Crippen molar-refractivity contribution in [3.63, 3.8) is 0 Å². The summed E-state index contributed by atoms with van der Waals surface area (Å²) in [5, 5.41) is 0. The van der Waals surface area contributed by atoms with Gasteiger partial charge in [-0.3, -0.25) is 4.84 Å². The lowest BCUT2D eigenvalue weighted by Gasteiger charge is -2.03. The Labute approximate surface area is 59.4 Å². The van der Waals surface area contributed by atoms with Crippen LogP contribution in [-0.4, -0.2) is 25.9 Å². The van der Waals surface area contributed by atoms with Crippen molar-refractivity contribution in [2.45, 2.75) is 6.92 Å². The molecular formula is C5H12N2O3. The molecular weight excluding hydrogens is 136 g/mol. The molecule has 10 heavy (non-hydrogen) atoms. The molecule has 0 aliphatic carbocycles. The van der Waals surface area contributed by atoms with E-state index in [1.165, 1.54) is 0 Å². The van der Waals surface area contributed by atoms with Crippen LogP contribution in [0.5, 0.6) is 0 Å². The molecule has 0 atom stereocenters. The van der Waals surface area contributed by atoms with Crippen LogP contribution in [0.25, 0.3) is 0 Å². The Bertz CT molecular complexity index is 96.9. The quantitative estimate of drug-likeness (QED) is 0.421. The van der Waals surface area contributed by atoms with Crippen molar-refractivity contribution in [3.05, 3.63) is 0 Å². The summed E-state index contributed by atoms with van der Waals surface area (Å²) in [6.07, 6.45) is -0.587. The van der Waals surface area contributed by atoms with Crippen molar-refractivity contribution in [3.8, 4) is 0 Å². The maximum atomic E-state index is 10.4. The van der Waals surface area contributed by atoms with E-state index in [2.05, 4.69) is 9.57 Å². The average Bonchev–Trinajstić information content (AvgIpc) is 1.89. The van der Waals surface area contributed by atoms with Gasteiger partial charge in [-0.2, -0.15) is 5.48 Å². The Hall–Kier alpha value is -0.810. The minimum atomic E-state index is -0.587. The van der Waals surface area contributed by atoms with Crippen LogP contribution in [0.1, 0.15) is 6.92 Å². The van der Waals surface area contributed by atoms with Crippen LogP contribution in [0.4, 0.5) is 4.79 Å². The van der Waals surface area contributed by atoms with Gasteiger partial charge >= 0.3 is 6.09 Å². The molecule has 3 N–H and O–H groups in total. The van der Waals surface area contributed by atoms with Crippen molar-refractivity contribution >= 4 is 6.09 Å². The van der Waals surface area contributed by atoms with Gasteiger partial charge in [-0.15, -0.1) is 0 Å². The highest BCUT2D eigenvalue weighted by Crippen LogP contribution is 1.75. The molecule has 0 aromatic heterocycles. The van der Waals surface area contributed by atoms with Crippen LogP contribution in [0.15, 0.2) is 0 Å². The van der Waals surface area contributed by atoms with Gasteiger partial charge in [-0.25, -0.2) is 4.79 Å². The molecule has 0 saturated heterocycles. The summed E-state index contributed by atoms with van der Waals surface area (Å²) in [5.41, 5.74) is 7.11. The SMILES string of the molecule is CCOC(=O)NOCCN. The topological polar surface area (TPSA) is 73.6 Å². The van der Waals surface area contributed by atoms with E-state index >= 15 is 0 Å². The molecule has 0 fully saturated rings. The van der Waals surface area contributed by atoms with E-state index < -0.39 is 6.09 Å².